The van der Waals surface area contributed by atoms with Gasteiger partial charge in [-0.1, -0.05) is 11.6 Å². The predicted octanol–water partition coefficient (Wildman–Crippen LogP) is 1.28. The number of hydrogen-bond acceptors (Lipinski definition) is 3. The van der Waals surface area contributed by atoms with E-state index in [0.29, 0.717) is 0 Å². The summed E-state index contributed by atoms with van der Waals surface area (Å²) >= 11 is 5.52. The van der Waals surface area contributed by atoms with Crippen LogP contribution >= 0.6 is 24.0 Å². The number of rotatable bonds is 2. The van der Waals surface area contributed by atoms with Gasteiger partial charge in [0.2, 0.25) is 5.78 Å². The first-order valence-electron chi connectivity index (χ1n) is 3.11. The Bertz CT molecular complexity index is 340. The number of carbonyl (C=O) groups excluding carboxylic acids is 1. The summed E-state index contributed by atoms with van der Waals surface area (Å²) in [6.07, 6.45) is 1.39. The molecule has 3 N–H and O–H groups in total. The van der Waals surface area contributed by atoms with Crippen LogP contribution in [0.5, 0.6) is 0 Å². The van der Waals surface area contributed by atoms with Crippen molar-refractivity contribution in [1.29, 1.82) is 5.41 Å². The van der Waals surface area contributed by atoms with Crippen molar-refractivity contribution in [3.05, 3.63) is 29.0 Å². The molecule has 0 unspecified atom stereocenters. The van der Waals surface area contributed by atoms with Crippen LogP contribution in [0, 0.1) is 5.41 Å². The summed E-state index contributed by atoms with van der Waals surface area (Å²) in [6.45, 7) is 0. The number of nitrogens with one attached hydrogen (secondary N) is 1. The third kappa shape index (κ3) is 3.01. The van der Waals surface area contributed by atoms with Gasteiger partial charge in [-0.05, 0) is 12.1 Å². The molecule has 1 rings (SSSR count). The minimum Gasteiger partial charge on any atom is -0.381 e. The number of halogens is 2. The molecule has 0 amide bonds. The highest BCUT2D eigenvalue weighted by Crippen LogP contribution is 2.07. The Hall–Kier alpha value is -1.13. The van der Waals surface area contributed by atoms with Gasteiger partial charge in [0.1, 0.15) is 5.15 Å². The average Bonchev–Trinajstić information content (AvgIpc) is 2.03. The van der Waals surface area contributed by atoms with E-state index in [2.05, 4.69) is 4.98 Å². The highest BCUT2D eigenvalue weighted by molar-refractivity contribution is 6.43. The van der Waals surface area contributed by atoms with Crippen LogP contribution in [0.1, 0.15) is 10.4 Å². The van der Waals surface area contributed by atoms with Gasteiger partial charge in [-0.2, -0.15) is 0 Å². The zero-order valence-electron chi connectivity index (χ0n) is 6.45. The summed E-state index contributed by atoms with van der Waals surface area (Å²) in [6, 6.07) is 2.82. The van der Waals surface area contributed by atoms with Crippen molar-refractivity contribution in [1.82, 2.24) is 4.98 Å². The van der Waals surface area contributed by atoms with Gasteiger partial charge in [-0.25, -0.2) is 4.98 Å². The summed E-state index contributed by atoms with van der Waals surface area (Å²) in [7, 11) is 0. The van der Waals surface area contributed by atoms with Crippen LogP contribution in [-0.4, -0.2) is 16.6 Å². The molecule has 4 nitrogen and oxygen atoms in total. The first-order valence-corrected chi connectivity index (χ1v) is 3.49. The van der Waals surface area contributed by atoms with Crippen molar-refractivity contribution in [3.8, 4) is 0 Å². The lowest BCUT2D eigenvalue weighted by Crippen LogP contribution is -2.22. The second-order valence-corrected chi connectivity index (χ2v) is 2.50. The molecule has 70 valence electrons. The maximum absolute atomic E-state index is 11.1. The monoisotopic (exact) mass is 219 g/mol. The highest BCUT2D eigenvalue weighted by atomic mass is 35.5. The average molecular weight is 220 g/mol. The van der Waals surface area contributed by atoms with Crippen LogP contribution in [0.25, 0.3) is 0 Å². The zero-order chi connectivity index (χ0) is 9.14. The predicted molar refractivity (Wildman–Crippen MR) is 52.7 cm³/mol. The molecular weight excluding hydrogens is 213 g/mol. The molecule has 13 heavy (non-hydrogen) atoms. The van der Waals surface area contributed by atoms with E-state index in [-0.39, 0.29) is 23.1 Å². The third-order valence-electron chi connectivity index (χ3n) is 1.23. The van der Waals surface area contributed by atoms with Crippen molar-refractivity contribution in [3.63, 3.8) is 0 Å². The molecule has 0 radical (unpaired) electrons. The first-order chi connectivity index (χ1) is 5.61. The fourth-order valence-corrected chi connectivity index (χ4v) is 0.873. The molecule has 0 saturated heterocycles. The molecule has 0 aliphatic heterocycles. The SMILES string of the molecule is Cl.N=C(N)C(=O)c1ccnc(Cl)c1. The molecule has 0 bridgehead atoms. The van der Waals surface area contributed by atoms with Crippen molar-refractivity contribution in [2.24, 2.45) is 5.73 Å². The quantitative estimate of drug-likeness (QED) is 0.341. The number of carbonyl (C=O) groups is 1. The summed E-state index contributed by atoms with van der Waals surface area (Å²) in [4.78, 5) is 14.7. The number of pyridine rings is 1. The van der Waals surface area contributed by atoms with E-state index in [4.69, 9.17) is 22.7 Å². The van der Waals surface area contributed by atoms with E-state index in [1.54, 1.807) is 0 Å². The Morgan fingerprint density at radius 3 is 2.69 bits per heavy atom. The largest absolute Gasteiger partial charge is 0.381 e. The topological polar surface area (TPSA) is 79.8 Å². The molecule has 1 heterocycles. The van der Waals surface area contributed by atoms with E-state index in [1.165, 1.54) is 18.3 Å². The molecule has 0 aromatic carbocycles. The Morgan fingerprint density at radius 2 is 2.23 bits per heavy atom. The van der Waals surface area contributed by atoms with E-state index in [9.17, 15) is 4.79 Å². The van der Waals surface area contributed by atoms with Gasteiger partial charge < -0.3 is 5.73 Å². The van der Waals surface area contributed by atoms with Crippen LogP contribution < -0.4 is 5.73 Å². The number of nitrogens with zero attached hydrogens (tertiary/aromatic N) is 1. The third-order valence-corrected chi connectivity index (χ3v) is 1.44. The summed E-state index contributed by atoms with van der Waals surface area (Å²) < 4.78 is 0. The van der Waals surface area contributed by atoms with Crippen LogP contribution in [-0.2, 0) is 0 Å². The fraction of sp³-hybridized carbons (Fsp3) is 0. The second-order valence-electron chi connectivity index (χ2n) is 2.11. The maximum atomic E-state index is 11.1. The van der Waals surface area contributed by atoms with E-state index >= 15 is 0 Å². The molecule has 1 aromatic heterocycles. The van der Waals surface area contributed by atoms with Gasteiger partial charge in [0, 0.05) is 11.8 Å². The number of aromatic nitrogens is 1. The minimum absolute atomic E-state index is 0. The van der Waals surface area contributed by atoms with E-state index in [0.717, 1.165) is 0 Å². The van der Waals surface area contributed by atoms with Crippen LogP contribution in [0.2, 0.25) is 5.15 Å². The molecule has 0 spiro atoms. The lowest BCUT2D eigenvalue weighted by atomic mass is 10.2. The van der Waals surface area contributed by atoms with Crippen molar-refractivity contribution in [2.75, 3.05) is 0 Å². The molecule has 1 aromatic rings. The fourth-order valence-electron chi connectivity index (χ4n) is 0.699. The molecule has 0 aliphatic carbocycles. The van der Waals surface area contributed by atoms with E-state index in [1.807, 2.05) is 0 Å². The molecular formula is C7H7Cl2N3O. The Balaban J connectivity index is 0.00000144. The summed E-state index contributed by atoms with van der Waals surface area (Å²) in [5.41, 5.74) is 5.27. The lowest BCUT2D eigenvalue weighted by Gasteiger charge is -1.96. The zero-order valence-corrected chi connectivity index (χ0v) is 8.02. The Kier molecular flexibility index (Phi) is 4.37. The maximum Gasteiger partial charge on any atom is 0.227 e. The van der Waals surface area contributed by atoms with Gasteiger partial charge >= 0.3 is 0 Å². The van der Waals surface area contributed by atoms with Crippen molar-refractivity contribution in [2.45, 2.75) is 0 Å². The van der Waals surface area contributed by atoms with Gasteiger partial charge in [0.15, 0.2) is 5.84 Å². The number of ketones is 1. The Labute approximate surface area is 86.0 Å². The van der Waals surface area contributed by atoms with Crippen LogP contribution in [0.3, 0.4) is 0 Å². The number of amidine groups is 1. The normalized spacial score (nSPS) is 8.69. The van der Waals surface area contributed by atoms with Crippen molar-refractivity contribution < 1.29 is 4.79 Å². The molecule has 0 saturated carbocycles. The van der Waals surface area contributed by atoms with E-state index < -0.39 is 11.6 Å². The highest BCUT2D eigenvalue weighted by Gasteiger charge is 2.08. The van der Waals surface area contributed by atoms with Gasteiger partial charge in [0.05, 0.1) is 0 Å². The minimum atomic E-state index is -0.542. The number of Topliss-reactive ketones (excluding diaryl/α,β-unsaturated/α-hetero) is 1. The van der Waals surface area contributed by atoms with Gasteiger partial charge in [0.25, 0.3) is 0 Å². The summed E-state index contributed by atoms with van der Waals surface area (Å²) in [5, 5.41) is 7.08. The van der Waals surface area contributed by atoms with Crippen LogP contribution in [0.4, 0.5) is 0 Å². The van der Waals surface area contributed by atoms with Crippen LogP contribution in [0.15, 0.2) is 18.3 Å². The van der Waals surface area contributed by atoms with Gasteiger partial charge in [-0.15, -0.1) is 12.4 Å². The smallest absolute Gasteiger partial charge is 0.227 e. The summed E-state index contributed by atoms with van der Waals surface area (Å²) in [5.74, 6) is -1.04. The molecule has 0 aliphatic rings. The molecule has 6 heteroatoms. The lowest BCUT2D eigenvalue weighted by molar-refractivity contribution is 0.106. The second kappa shape index (κ2) is 4.79. The first kappa shape index (κ1) is 11.9. The number of nitrogens with two attached hydrogens (primary N) is 1. The van der Waals surface area contributed by atoms with Gasteiger partial charge in [-0.3, -0.25) is 10.2 Å². The molecule has 0 atom stereocenters. The number of hydrogen-bond donors (Lipinski definition) is 2. The Morgan fingerprint density at radius 1 is 1.62 bits per heavy atom. The standard InChI is InChI=1S/C7H6ClN3O.ClH/c8-5-3-4(1-2-11-5)6(12)7(9)10;/h1-3H,(H3,9,10);1H. The van der Waals surface area contributed by atoms with Crippen molar-refractivity contribution >= 4 is 35.6 Å². The molecule has 0 fully saturated rings.